The van der Waals surface area contributed by atoms with Gasteiger partial charge in [-0.05, 0) is 18.9 Å². The lowest BCUT2D eigenvalue weighted by molar-refractivity contribution is 0.0925. The maximum atomic E-state index is 11.6. The minimum absolute atomic E-state index is 0.251. The summed E-state index contributed by atoms with van der Waals surface area (Å²) < 4.78 is 7.35. The van der Waals surface area contributed by atoms with Crippen molar-refractivity contribution in [2.75, 3.05) is 0 Å². The Morgan fingerprint density at radius 3 is 3.19 bits per heavy atom. The number of hydrazine groups is 1. The fourth-order valence-electron chi connectivity index (χ4n) is 2.42. The van der Waals surface area contributed by atoms with Crippen molar-refractivity contribution >= 4 is 17.7 Å². The molecule has 112 valence electrons. The van der Waals surface area contributed by atoms with E-state index in [1.807, 2.05) is 0 Å². The van der Waals surface area contributed by atoms with Crippen molar-refractivity contribution in [3.05, 3.63) is 29.5 Å². The fraction of sp³-hybridized carbons (Fsp3) is 0.462. The number of thioether (sulfide) groups is 1. The van der Waals surface area contributed by atoms with Crippen LogP contribution >= 0.6 is 11.8 Å². The summed E-state index contributed by atoms with van der Waals surface area (Å²) in [5.41, 5.74) is 2.88. The third kappa shape index (κ3) is 2.96. The van der Waals surface area contributed by atoms with Gasteiger partial charge < -0.3 is 8.98 Å². The molecule has 3 rings (SSSR count). The Morgan fingerprint density at radius 2 is 2.33 bits per heavy atom. The summed E-state index contributed by atoms with van der Waals surface area (Å²) in [5, 5.41) is 9.41. The van der Waals surface area contributed by atoms with Crippen LogP contribution in [0.5, 0.6) is 0 Å². The molecule has 0 saturated carbocycles. The van der Waals surface area contributed by atoms with Crippen molar-refractivity contribution in [2.45, 2.75) is 43.1 Å². The number of nitrogens with zero attached hydrogens (tertiary/aromatic N) is 3. The zero-order valence-corrected chi connectivity index (χ0v) is 12.4. The van der Waals surface area contributed by atoms with E-state index in [9.17, 15) is 4.79 Å². The lowest BCUT2D eigenvalue weighted by Crippen LogP contribution is -2.30. The van der Waals surface area contributed by atoms with Crippen molar-refractivity contribution in [1.29, 1.82) is 0 Å². The molecule has 0 fully saturated rings. The average molecular weight is 307 g/mol. The zero-order chi connectivity index (χ0) is 14.7. The molecular weight excluding hydrogens is 290 g/mol. The molecular formula is C13H17N5O2S. The molecule has 7 nitrogen and oxygen atoms in total. The molecule has 0 bridgehead atoms. The molecule has 0 saturated heterocycles. The first-order valence-corrected chi connectivity index (χ1v) is 7.90. The number of aryl methyl sites for hydroxylation is 1. The first kappa shape index (κ1) is 14.2. The van der Waals surface area contributed by atoms with Crippen LogP contribution in [0.3, 0.4) is 0 Å². The van der Waals surface area contributed by atoms with Gasteiger partial charge >= 0.3 is 5.91 Å². The first-order valence-electron chi connectivity index (χ1n) is 6.92. The molecule has 1 aliphatic heterocycles. The number of rotatable bonds is 4. The maximum absolute atomic E-state index is 11.6. The minimum atomic E-state index is -0.421. The van der Waals surface area contributed by atoms with Gasteiger partial charge in [-0.3, -0.25) is 10.2 Å². The number of furan rings is 1. The lowest BCUT2D eigenvalue weighted by Gasteiger charge is -2.06. The fourth-order valence-corrected chi connectivity index (χ4v) is 3.38. The zero-order valence-electron chi connectivity index (χ0n) is 11.5. The van der Waals surface area contributed by atoms with Gasteiger partial charge in [-0.2, -0.15) is 0 Å². The maximum Gasteiger partial charge on any atom is 0.301 e. The van der Waals surface area contributed by atoms with Crippen LogP contribution in [0.4, 0.5) is 0 Å². The normalized spacial score (nSPS) is 14.5. The predicted octanol–water partition coefficient (Wildman–Crippen LogP) is 1.49. The lowest BCUT2D eigenvalue weighted by atomic mass is 10.2. The predicted molar refractivity (Wildman–Crippen MR) is 77.5 cm³/mol. The van der Waals surface area contributed by atoms with Gasteiger partial charge in [-0.15, -0.1) is 10.2 Å². The van der Waals surface area contributed by atoms with Gasteiger partial charge in [0, 0.05) is 24.3 Å². The molecule has 0 atom stereocenters. The molecule has 0 aliphatic carbocycles. The molecule has 3 N–H and O–H groups in total. The second-order valence-electron chi connectivity index (χ2n) is 4.90. The molecule has 0 aromatic carbocycles. The van der Waals surface area contributed by atoms with E-state index in [-0.39, 0.29) is 5.76 Å². The van der Waals surface area contributed by atoms with E-state index in [1.165, 1.54) is 19.1 Å². The van der Waals surface area contributed by atoms with Gasteiger partial charge in [-0.1, -0.05) is 18.2 Å². The van der Waals surface area contributed by atoms with Gasteiger partial charge in [0.2, 0.25) is 0 Å². The topological polar surface area (TPSA) is 99.0 Å². The summed E-state index contributed by atoms with van der Waals surface area (Å²) in [6.07, 6.45) is 6.04. The summed E-state index contributed by atoms with van der Waals surface area (Å²) in [4.78, 5) is 11.6. The number of nitrogens with two attached hydrogens (primary N) is 1. The third-order valence-electron chi connectivity index (χ3n) is 3.52. The highest BCUT2D eigenvalue weighted by Crippen LogP contribution is 2.26. The Balaban J connectivity index is 1.72. The van der Waals surface area contributed by atoms with E-state index in [4.69, 9.17) is 10.3 Å². The van der Waals surface area contributed by atoms with Crippen molar-refractivity contribution in [3.8, 4) is 0 Å². The van der Waals surface area contributed by atoms with Crippen molar-refractivity contribution < 1.29 is 9.21 Å². The van der Waals surface area contributed by atoms with Crippen molar-refractivity contribution in [3.63, 3.8) is 0 Å². The summed E-state index contributed by atoms with van der Waals surface area (Å²) >= 11 is 1.56. The second-order valence-corrected chi connectivity index (χ2v) is 5.84. The monoisotopic (exact) mass is 307 g/mol. The number of fused-ring (bicyclic) bond motifs is 1. The number of carbonyl (C=O) groups is 1. The summed E-state index contributed by atoms with van der Waals surface area (Å²) in [6.45, 7) is 0.964. The Labute approximate surface area is 126 Å². The second kappa shape index (κ2) is 6.31. The first-order chi connectivity index (χ1) is 10.3. The van der Waals surface area contributed by atoms with Crippen molar-refractivity contribution in [1.82, 2.24) is 20.2 Å². The van der Waals surface area contributed by atoms with Crippen LogP contribution in [0.2, 0.25) is 0 Å². The van der Waals surface area contributed by atoms with E-state index in [1.54, 1.807) is 17.8 Å². The van der Waals surface area contributed by atoms with E-state index in [0.29, 0.717) is 5.75 Å². The van der Waals surface area contributed by atoms with E-state index in [0.717, 1.165) is 35.9 Å². The number of carbonyl (C=O) groups excluding carboxylic acids is 1. The Kier molecular flexibility index (Phi) is 4.26. The summed E-state index contributed by atoms with van der Waals surface area (Å²) in [5.74, 6) is 6.62. The molecule has 0 spiro atoms. The average Bonchev–Trinajstić information content (AvgIpc) is 3.05. The molecule has 1 amide bonds. The van der Waals surface area contributed by atoms with E-state index >= 15 is 0 Å². The number of nitrogens with one attached hydrogen (secondary N) is 1. The number of hydrogen-bond donors (Lipinski definition) is 2. The highest BCUT2D eigenvalue weighted by Gasteiger charge is 2.18. The molecule has 0 unspecified atom stereocenters. The van der Waals surface area contributed by atoms with E-state index < -0.39 is 5.91 Å². The van der Waals surface area contributed by atoms with Crippen LogP contribution < -0.4 is 11.3 Å². The molecule has 1 aliphatic rings. The van der Waals surface area contributed by atoms with E-state index in [2.05, 4.69) is 20.2 Å². The highest BCUT2D eigenvalue weighted by molar-refractivity contribution is 7.98. The van der Waals surface area contributed by atoms with Gasteiger partial charge in [-0.25, -0.2) is 5.84 Å². The summed E-state index contributed by atoms with van der Waals surface area (Å²) in [6, 6.07) is 1.78. The van der Waals surface area contributed by atoms with Crippen LogP contribution in [-0.2, 0) is 18.7 Å². The smallest absolute Gasteiger partial charge is 0.301 e. The molecule has 3 heterocycles. The van der Waals surface area contributed by atoms with Crippen LogP contribution in [0.25, 0.3) is 0 Å². The van der Waals surface area contributed by atoms with Crippen LogP contribution in [0.1, 0.15) is 41.2 Å². The summed E-state index contributed by atoms with van der Waals surface area (Å²) in [7, 11) is 0. The van der Waals surface area contributed by atoms with Gasteiger partial charge in [0.15, 0.2) is 10.9 Å². The quantitative estimate of drug-likeness (QED) is 0.384. The highest BCUT2D eigenvalue weighted by atomic mass is 32.2. The largest absolute Gasteiger partial charge is 0.459 e. The third-order valence-corrected chi connectivity index (χ3v) is 4.53. The number of nitrogen functional groups attached to an aromatic ring is 1. The standard InChI is InChI=1S/C13H17N5O2S/c14-15-12(19)11-9(5-7-20-11)8-21-13-17-16-10-4-2-1-3-6-18(10)13/h5,7H,1-4,6,8,14H2,(H,15,19). The number of aromatic nitrogens is 3. The van der Waals surface area contributed by atoms with Crippen LogP contribution in [0, 0.1) is 0 Å². The molecule has 2 aromatic heterocycles. The Bertz CT molecular complexity index is 636. The molecule has 8 heteroatoms. The number of hydrogen-bond acceptors (Lipinski definition) is 6. The Hall–Kier alpha value is -1.80. The molecule has 0 radical (unpaired) electrons. The van der Waals surface area contributed by atoms with Gasteiger partial charge in [0.25, 0.3) is 0 Å². The van der Waals surface area contributed by atoms with Gasteiger partial charge in [0.1, 0.15) is 5.82 Å². The van der Waals surface area contributed by atoms with Crippen molar-refractivity contribution in [2.24, 2.45) is 5.84 Å². The minimum Gasteiger partial charge on any atom is -0.459 e. The Morgan fingerprint density at radius 1 is 1.43 bits per heavy atom. The SMILES string of the molecule is NNC(=O)c1occc1CSc1nnc2n1CCCCC2. The molecule has 21 heavy (non-hydrogen) atoms. The molecule has 2 aromatic rings. The van der Waals surface area contributed by atoms with Crippen LogP contribution in [0.15, 0.2) is 21.9 Å². The van der Waals surface area contributed by atoms with Gasteiger partial charge in [0.05, 0.1) is 6.26 Å². The van der Waals surface area contributed by atoms with Crippen LogP contribution in [-0.4, -0.2) is 20.7 Å². The number of amides is 1.